The van der Waals surface area contributed by atoms with Crippen molar-refractivity contribution < 1.29 is 4.79 Å². The van der Waals surface area contributed by atoms with Gasteiger partial charge in [0, 0.05) is 0 Å². The Morgan fingerprint density at radius 1 is 0.818 bits per heavy atom. The van der Waals surface area contributed by atoms with Crippen LogP contribution in [0.25, 0.3) is 0 Å². The molecule has 2 aromatic rings. The lowest BCUT2D eigenvalue weighted by molar-refractivity contribution is -0.114. The van der Waals surface area contributed by atoms with Crippen molar-refractivity contribution in [1.29, 1.82) is 0 Å². The van der Waals surface area contributed by atoms with Gasteiger partial charge >= 0.3 is 0 Å². The first kappa shape index (κ1) is 19.9. The Kier molecular flexibility index (Phi) is 8.99. The summed E-state index contributed by atoms with van der Waals surface area (Å²) in [7, 11) is 0. The van der Waals surface area contributed by atoms with Gasteiger partial charge < -0.3 is 0 Å². The molecule has 0 amide bonds. The maximum absolute atomic E-state index is 12.1. The molecule has 1 nitrogen and oxygen atoms in total. The summed E-state index contributed by atoms with van der Waals surface area (Å²) in [5.74, 6) is 1.27. The van der Waals surface area contributed by atoms with Crippen molar-refractivity contribution in [2.24, 2.45) is 0 Å². The van der Waals surface area contributed by atoms with Crippen LogP contribution in [0.2, 0.25) is 0 Å². The minimum atomic E-state index is 0.253. The number of hydrogen-bond acceptors (Lipinski definition) is 11. The molecule has 0 spiro atoms. The predicted molar refractivity (Wildman–Crippen MR) is 116 cm³/mol. The summed E-state index contributed by atoms with van der Waals surface area (Å²) in [6.45, 7) is 0. The first-order chi connectivity index (χ1) is 10.5. The third-order valence-corrected chi connectivity index (χ3v) is 13.1. The molecule has 0 bridgehead atoms. The Bertz CT molecular complexity index is 685. The summed E-state index contributed by atoms with van der Waals surface area (Å²) in [5, 5.41) is 0. The molecule has 22 heavy (non-hydrogen) atoms. The molecule has 0 N–H and O–H groups in total. The number of carbonyl (C=O) groups excluding carboxylic acids is 1. The fourth-order valence-corrected chi connectivity index (χ4v) is 12.5. The summed E-state index contributed by atoms with van der Waals surface area (Å²) in [5.41, 5.74) is 0. The van der Waals surface area contributed by atoms with Gasteiger partial charge in [-0.2, -0.15) is 0 Å². The standard InChI is InChI=1S/C11H10OS10/c1-15-6-8(21-10(13)19-6)17-3-5(12)4-18-9-7(16-2)20-11(14)22-9/h3-4H2,1-2H3. The molecule has 2 aromatic heterocycles. The second kappa shape index (κ2) is 9.93. The van der Waals surface area contributed by atoms with Gasteiger partial charge in [0.05, 0.1) is 28.3 Å². The average molecular weight is 479 g/mol. The normalized spacial score (nSPS) is 11.0. The molecule has 0 atom stereocenters. The molecular formula is C11H10OS10. The Morgan fingerprint density at radius 3 is 1.55 bits per heavy atom. The Morgan fingerprint density at radius 2 is 1.18 bits per heavy atom. The molecule has 0 radical (unpaired) electrons. The lowest BCUT2D eigenvalue weighted by atomic mass is 10.5. The highest BCUT2D eigenvalue weighted by atomic mass is 32.2. The fourth-order valence-electron chi connectivity index (χ4n) is 1.27. The Balaban J connectivity index is 1.88. The molecule has 0 saturated heterocycles. The summed E-state index contributed by atoms with van der Waals surface area (Å²) < 4.78 is 6.66. The quantitative estimate of drug-likeness (QED) is 0.289. The second-order valence-corrected chi connectivity index (χ2v) is 14.7. The van der Waals surface area contributed by atoms with Crippen LogP contribution >= 0.6 is 117 Å². The molecule has 120 valence electrons. The van der Waals surface area contributed by atoms with Crippen molar-refractivity contribution in [3.63, 3.8) is 0 Å². The number of hydrogen-bond donors (Lipinski definition) is 0. The van der Waals surface area contributed by atoms with Gasteiger partial charge in [-0.05, 0) is 12.5 Å². The third-order valence-electron chi connectivity index (χ3n) is 2.14. The molecule has 2 rings (SSSR count). The fraction of sp³-hybridized carbons (Fsp3) is 0.364. The number of carbonyl (C=O) groups is 1. The van der Waals surface area contributed by atoms with Crippen LogP contribution in [0.5, 0.6) is 0 Å². The topological polar surface area (TPSA) is 17.1 Å². The molecular weight excluding hydrogens is 469 g/mol. The largest absolute Gasteiger partial charge is 0.298 e. The van der Waals surface area contributed by atoms with Crippen LogP contribution < -0.4 is 0 Å². The van der Waals surface area contributed by atoms with Gasteiger partial charge in [0.25, 0.3) is 0 Å². The molecule has 0 aliphatic heterocycles. The first-order valence-corrected chi connectivity index (χ1v) is 14.2. The maximum atomic E-state index is 12.1. The van der Waals surface area contributed by atoms with E-state index in [0.717, 1.165) is 6.28 Å². The number of ketones is 1. The van der Waals surface area contributed by atoms with E-state index in [1.807, 2.05) is 12.5 Å². The SMILES string of the molecule is CSc1sc(=S)sc1SCC(=O)CSc1sc(=S)sc1SC. The smallest absolute Gasteiger partial charge is 0.153 e. The van der Waals surface area contributed by atoms with E-state index < -0.39 is 0 Å². The Hall–Kier alpha value is 1.61. The van der Waals surface area contributed by atoms with Gasteiger partial charge in [0.15, 0.2) is 5.78 Å². The zero-order valence-corrected chi connectivity index (χ0v) is 19.6. The Labute approximate surface area is 172 Å². The minimum absolute atomic E-state index is 0.253. The molecule has 11 heteroatoms. The van der Waals surface area contributed by atoms with Crippen molar-refractivity contribution in [3.8, 4) is 0 Å². The van der Waals surface area contributed by atoms with Gasteiger partial charge in [-0.1, -0.05) is 24.4 Å². The minimum Gasteiger partial charge on any atom is -0.298 e. The highest BCUT2D eigenvalue weighted by molar-refractivity contribution is 8.06. The van der Waals surface area contributed by atoms with Crippen LogP contribution in [0.3, 0.4) is 0 Å². The molecule has 0 aromatic carbocycles. The van der Waals surface area contributed by atoms with E-state index in [2.05, 4.69) is 0 Å². The van der Waals surface area contributed by atoms with Crippen LogP contribution in [-0.4, -0.2) is 29.8 Å². The monoisotopic (exact) mass is 478 g/mol. The summed E-state index contributed by atoms with van der Waals surface area (Å²) in [6, 6.07) is 0. The highest BCUT2D eigenvalue weighted by Gasteiger charge is 2.13. The first-order valence-electron chi connectivity index (χ1n) is 5.66. The molecule has 0 unspecified atom stereocenters. The summed E-state index contributed by atoms with van der Waals surface area (Å²) in [4.78, 5) is 12.1. The lowest BCUT2D eigenvalue weighted by Crippen LogP contribution is -2.04. The third kappa shape index (κ3) is 5.85. The summed E-state index contributed by atoms with van der Waals surface area (Å²) in [6.07, 6.45) is 4.09. The van der Waals surface area contributed by atoms with Crippen molar-refractivity contribution >= 4 is 123 Å². The van der Waals surface area contributed by atoms with E-state index >= 15 is 0 Å². The zero-order valence-electron chi connectivity index (χ0n) is 11.4. The molecule has 0 aliphatic carbocycles. The van der Waals surface area contributed by atoms with Crippen LogP contribution in [0.15, 0.2) is 16.8 Å². The predicted octanol–water partition coefficient (Wildman–Crippen LogP) is 7.29. The van der Waals surface area contributed by atoms with E-state index in [9.17, 15) is 4.79 Å². The van der Waals surface area contributed by atoms with E-state index in [1.54, 1.807) is 92.4 Å². The zero-order chi connectivity index (χ0) is 16.1. The number of Topliss-reactive ketones (excluding diaryl/α,β-unsaturated/α-hetero) is 1. The van der Waals surface area contributed by atoms with Gasteiger partial charge in [-0.3, -0.25) is 4.79 Å². The van der Waals surface area contributed by atoms with E-state index in [-0.39, 0.29) is 5.78 Å². The van der Waals surface area contributed by atoms with E-state index in [0.29, 0.717) is 11.5 Å². The van der Waals surface area contributed by atoms with Crippen molar-refractivity contribution in [1.82, 2.24) is 0 Å². The van der Waals surface area contributed by atoms with Crippen LogP contribution in [0, 0.1) is 6.28 Å². The molecule has 0 saturated carbocycles. The van der Waals surface area contributed by atoms with E-state index in [4.69, 9.17) is 24.4 Å². The van der Waals surface area contributed by atoms with Crippen molar-refractivity contribution in [2.75, 3.05) is 24.0 Å². The highest BCUT2D eigenvalue weighted by Crippen LogP contribution is 2.41. The van der Waals surface area contributed by atoms with Crippen LogP contribution in [-0.2, 0) is 4.79 Å². The summed E-state index contributed by atoms with van der Waals surface area (Å²) >= 11 is 23.5. The van der Waals surface area contributed by atoms with Crippen molar-refractivity contribution in [3.05, 3.63) is 6.28 Å². The van der Waals surface area contributed by atoms with Gasteiger partial charge in [-0.15, -0.1) is 92.4 Å². The number of thioether (sulfide) groups is 4. The maximum Gasteiger partial charge on any atom is 0.153 e. The average Bonchev–Trinajstić information content (AvgIpc) is 3.04. The lowest BCUT2D eigenvalue weighted by Gasteiger charge is -2.01. The molecule has 0 fully saturated rings. The van der Waals surface area contributed by atoms with Gasteiger partial charge in [0.1, 0.15) is 6.28 Å². The second-order valence-electron chi connectivity index (χ2n) is 3.58. The van der Waals surface area contributed by atoms with Gasteiger partial charge in [-0.25, -0.2) is 0 Å². The van der Waals surface area contributed by atoms with Crippen LogP contribution in [0.4, 0.5) is 0 Å². The van der Waals surface area contributed by atoms with Gasteiger partial charge in [0.2, 0.25) is 0 Å². The van der Waals surface area contributed by atoms with Crippen molar-refractivity contribution in [2.45, 2.75) is 16.8 Å². The molecule has 2 heterocycles. The van der Waals surface area contributed by atoms with E-state index in [1.165, 1.54) is 16.8 Å². The number of rotatable bonds is 8. The molecule has 0 aliphatic rings. The van der Waals surface area contributed by atoms with Crippen LogP contribution in [0.1, 0.15) is 0 Å².